The molecule has 0 aliphatic carbocycles. The number of hydrogen-bond acceptors (Lipinski definition) is 2. The van der Waals surface area contributed by atoms with Gasteiger partial charge in [0.1, 0.15) is 6.61 Å². The first-order chi connectivity index (χ1) is 2.77. The van der Waals surface area contributed by atoms with Crippen LogP contribution in [0.2, 0.25) is 0 Å². The Labute approximate surface area is 36.0 Å². The maximum absolute atomic E-state index is 9.80. The summed E-state index contributed by atoms with van der Waals surface area (Å²) in [7, 11) is 0. The van der Waals surface area contributed by atoms with Gasteiger partial charge in [-0.2, -0.15) is 0 Å². The lowest BCUT2D eigenvalue weighted by molar-refractivity contribution is -0.121. The van der Waals surface area contributed by atoms with Gasteiger partial charge in [0.25, 0.3) is 0 Å². The molecule has 6 heavy (non-hydrogen) atoms. The molecule has 0 aliphatic rings. The van der Waals surface area contributed by atoms with Crippen molar-refractivity contribution in [2.24, 2.45) is 0 Å². The zero-order chi connectivity index (χ0) is 4.99. The molecule has 1 N–H and O–H groups in total. The minimum atomic E-state index is -0.120. The summed E-state index contributed by atoms with van der Waals surface area (Å²) in [6.45, 7) is 1.27. The third-order valence-electron chi connectivity index (χ3n) is 0.275. The van der Waals surface area contributed by atoms with Gasteiger partial charge in [-0.1, -0.05) is 0 Å². The maximum Gasteiger partial charge on any atom is 0.157 e. The van der Waals surface area contributed by atoms with Gasteiger partial charge in [-0.05, 0) is 6.92 Å². The summed E-state index contributed by atoms with van der Waals surface area (Å²) in [6, 6.07) is 0. The average Bonchev–Trinajstić information content (AvgIpc) is 1.35. The number of rotatable bonds is 2. The fourth-order valence-corrected chi connectivity index (χ4v) is 0.102. The Kier molecular flexibility index (Phi) is 2.62. The molecular weight excluding hydrogens is 82.0 g/mol. The fraction of sp³-hybridized carbons (Fsp3) is 0.667. The van der Waals surface area contributed by atoms with Gasteiger partial charge >= 0.3 is 0 Å². The molecule has 0 fully saturated rings. The SMILES string of the molecule is CC(=O)CO[NH]. The molecule has 0 aromatic heterocycles. The van der Waals surface area contributed by atoms with Crippen LogP contribution in [-0.4, -0.2) is 12.4 Å². The summed E-state index contributed by atoms with van der Waals surface area (Å²) >= 11 is 0. The molecule has 1 radical (unpaired) electrons. The van der Waals surface area contributed by atoms with Crippen LogP contribution in [0.15, 0.2) is 0 Å². The third kappa shape index (κ3) is 3.59. The molecule has 3 nitrogen and oxygen atoms in total. The van der Waals surface area contributed by atoms with Crippen LogP contribution < -0.4 is 5.90 Å². The van der Waals surface area contributed by atoms with E-state index >= 15 is 0 Å². The Morgan fingerprint density at radius 3 is 2.50 bits per heavy atom. The van der Waals surface area contributed by atoms with Crippen molar-refractivity contribution in [2.75, 3.05) is 6.61 Å². The van der Waals surface area contributed by atoms with E-state index in [2.05, 4.69) is 4.84 Å². The van der Waals surface area contributed by atoms with Crippen LogP contribution in [0.4, 0.5) is 0 Å². The van der Waals surface area contributed by atoms with Crippen molar-refractivity contribution >= 4 is 5.78 Å². The summed E-state index contributed by atoms with van der Waals surface area (Å²) in [6.07, 6.45) is 0. The average molecular weight is 88.1 g/mol. The largest absolute Gasteiger partial charge is 0.297 e. The monoisotopic (exact) mass is 88.0 g/mol. The lowest BCUT2D eigenvalue weighted by atomic mass is 10.5. The van der Waals surface area contributed by atoms with Crippen LogP contribution in [0.3, 0.4) is 0 Å². The zero-order valence-corrected chi connectivity index (χ0v) is 3.52. The topological polar surface area (TPSA) is 50.1 Å². The number of carbonyl (C=O) groups excluding carboxylic acids is 1. The normalized spacial score (nSPS) is 8.33. The minimum Gasteiger partial charge on any atom is -0.297 e. The first-order valence-corrected chi connectivity index (χ1v) is 1.55. The second-order valence-electron chi connectivity index (χ2n) is 0.991. The number of nitrogens with one attached hydrogen (secondary N) is 1. The first-order valence-electron chi connectivity index (χ1n) is 1.55. The van der Waals surface area contributed by atoms with E-state index < -0.39 is 0 Å². The Bertz CT molecular complexity index is 52.8. The minimum absolute atomic E-state index is 0.0972. The number of carbonyl (C=O) groups is 1. The van der Waals surface area contributed by atoms with E-state index in [-0.39, 0.29) is 12.4 Å². The summed E-state index contributed by atoms with van der Waals surface area (Å²) < 4.78 is 0. The lowest BCUT2D eigenvalue weighted by Gasteiger charge is -1.82. The molecule has 0 aromatic carbocycles. The van der Waals surface area contributed by atoms with E-state index in [0.29, 0.717) is 0 Å². The van der Waals surface area contributed by atoms with Crippen molar-refractivity contribution in [3.63, 3.8) is 0 Å². The number of hydrogen-bond donors (Lipinski definition) is 0. The van der Waals surface area contributed by atoms with E-state index in [9.17, 15) is 4.79 Å². The molecule has 0 unspecified atom stereocenters. The van der Waals surface area contributed by atoms with Crippen LogP contribution in [-0.2, 0) is 9.63 Å². The van der Waals surface area contributed by atoms with Gasteiger partial charge in [-0.3, -0.25) is 9.63 Å². The van der Waals surface area contributed by atoms with Gasteiger partial charge in [0.15, 0.2) is 5.78 Å². The van der Waals surface area contributed by atoms with E-state index in [1.54, 1.807) is 0 Å². The Morgan fingerprint density at radius 1 is 2.00 bits per heavy atom. The second kappa shape index (κ2) is 2.81. The highest BCUT2D eigenvalue weighted by molar-refractivity contribution is 5.76. The molecule has 0 aromatic rings. The maximum atomic E-state index is 9.80. The van der Waals surface area contributed by atoms with Gasteiger partial charge in [0, 0.05) is 0 Å². The summed E-state index contributed by atoms with van der Waals surface area (Å²) in [4.78, 5) is 13.5. The Morgan fingerprint density at radius 2 is 2.50 bits per heavy atom. The third-order valence-corrected chi connectivity index (χ3v) is 0.275. The molecule has 0 atom stereocenters. The summed E-state index contributed by atoms with van der Waals surface area (Å²) in [5.74, 6) is 5.89. The van der Waals surface area contributed by atoms with Crippen LogP contribution in [0.1, 0.15) is 6.92 Å². The highest BCUT2D eigenvalue weighted by Crippen LogP contribution is 1.64. The van der Waals surface area contributed by atoms with Crippen molar-refractivity contribution < 1.29 is 9.63 Å². The highest BCUT2D eigenvalue weighted by Gasteiger charge is 1.85. The molecule has 0 aliphatic heterocycles. The van der Waals surface area contributed by atoms with Crippen molar-refractivity contribution in [3.05, 3.63) is 0 Å². The quantitative estimate of drug-likeness (QED) is 0.438. The fourth-order valence-electron chi connectivity index (χ4n) is 0.102. The van der Waals surface area contributed by atoms with E-state index in [1.165, 1.54) is 6.92 Å². The summed E-state index contributed by atoms with van der Waals surface area (Å²) in [5, 5.41) is 0. The zero-order valence-electron chi connectivity index (χ0n) is 3.52. The van der Waals surface area contributed by atoms with Gasteiger partial charge in [0.05, 0.1) is 0 Å². The number of ketones is 1. The van der Waals surface area contributed by atoms with Crippen molar-refractivity contribution in [1.82, 2.24) is 5.90 Å². The summed E-state index contributed by atoms with van der Waals surface area (Å²) in [5.41, 5.74) is 0. The predicted molar refractivity (Wildman–Crippen MR) is 19.7 cm³/mol. The van der Waals surface area contributed by atoms with Crippen molar-refractivity contribution in [2.45, 2.75) is 6.92 Å². The van der Waals surface area contributed by atoms with Crippen LogP contribution in [0.5, 0.6) is 0 Å². The molecule has 0 spiro atoms. The van der Waals surface area contributed by atoms with Gasteiger partial charge in [0.2, 0.25) is 0 Å². The van der Waals surface area contributed by atoms with E-state index in [4.69, 9.17) is 5.90 Å². The molecule has 0 heterocycles. The van der Waals surface area contributed by atoms with Gasteiger partial charge < -0.3 is 0 Å². The van der Waals surface area contributed by atoms with Crippen molar-refractivity contribution in [1.29, 1.82) is 0 Å². The molecule has 0 bridgehead atoms. The smallest absolute Gasteiger partial charge is 0.157 e. The van der Waals surface area contributed by atoms with E-state index in [1.807, 2.05) is 0 Å². The Balaban J connectivity index is 2.83. The molecule has 0 saturated heterocycles. The second-order valence-corrected chi connectivity index (χ2v) is 0.991. The molecule has 0 amide bonds. The highest BCUT2D eigenvalue weighted by atomic mass is 16.6. The number of Topliss-reactive ketones (excluding diaryl/α,β-unsaturated/α-hetero) is 1. The van der Waals surface area contributed by atoms with Crippen LogP contribution in [0.25, 0.3) is 0 Å². The molecule has 3 heteroatoms. The predicted octanol–water partition coefficient (Wildman–Crippen LogP) is -0.210. The molecular formula is C3H6NO2. The van der Waals surface area contributed by atoms with Crippen molar-refractivity contribution in [3.8, 4) is 0 Å². The molecule has 0 saturated carbocycles. The Hall–Kier alpha value is -0.410. The molecule has 35 valence electrons. The molecule has 0 rings (SSSR count). The van der Waals surface area contributed by atoms with Crippen LogP contribution in [0, 0.1) is 0 Å². The van der Waals surface area contributed by atoms with E-state index in [0.717, 1.165) is 0 Å². The van der Waals surface area contributed by atoms with Gasteiger partial charge in [-0.25, -0.2) is 0 Å². The first kappa shape index (κ1) is 5.59. The standard InChI is InChI=1S/C3H6NO2/c1-3(5)2-6-4/h4H,2H2,1H3. The van der Waals surface area contributed by atoms with Crippen LogP contribution >= 0.6 is 0 Å². The lowest BCUT2D eigenvalue weighted by Crippen LogP contribution is -2.00. The van der Waals surface area contributed by atoms with Gasteiger partial charge in [-0.15, -0.1) is 5.90 Å².